The van der Waals surface area contributed by atoms with Crippen LogP contribution >= 0.6 is 0 Å². The van der Waals surface area contributed by atoms with E-state index in [0.29, 0.717) is 18.9 Å². The summed E-state index contributed by atoms with van der Waals surface area (Å²) in [5, 5.41) is 11.5. The summed E-state index contributed by atoms with van der Waals surface area (Å²) in [6.45, 7) is 7.49. The highest BCUT2D eigenvalue weighted by Crippen LogP contribution is 2.37. The summed E-state index contributed by atoms with van der Waals surface area (Å²) in [5.74, 6) is 1.75. The van der Waals surface area contributed by atoms with Crippen molar-refractivity contribution in [2.45, 2.75) is 64.5 Å². The smallest absolute Gasteiger partial charge is 0.230 e. The van der Waals surface area contributed by atoms with Gasteiger partial charge in [0.25, 0.3) is 0 Å². The van der Waals surface area contributed by atoms with Gasteiger partial charge in [0, 0.05) is 49.8 Å². The third-order valence-electron chi connectivity index (χ3n) is 8.82. The molecule has 1 saturated heterocycles. The van der Waals surface area contributed by atoms with E-state index < -0.39 is 0 Å². The molecule has 1 aliphatic heterocycles. The van der Waals surface area contributed by atoms with Crippen LogP contribution in [0.1, 0.15) is 73.3 Å². The second-order valence-corrected chi connectivity index (χ2v) is 12.8. The Hall–Kier alpha value is -4.28. The van der Waals surface area contributed by atoms with Crippen LogP contribution < -0.4 is 21.3 Å². The van der Waals surface area contributed by atoms with E-state index in [2.05, 4.69) is 75.8 Å². The highest BCUT2D eigenvalue weighted by molar-refractivity contribution is 5.96. The summed E-state index contributed by atoms with van der Waals surface area (Å²) < 4.78 is 1.83. The molecule has 0 radical (unpaired) electrons. The van der Waals surface area contributed by atoms with Crippen molar-refractivity contribution in [3.63, 3.8) is 0 Å². The molecule has 236 valence electrons. The molecule has 10 heteroatoms. The van der Waals surface area contributed by atoms with Crippen molar-refractivity contribution in [3.8, 4) is 0 Å². The summed E-state index contributed by atoms with van der Waals surface area (Å²) >= 11 is 0. The Morgan fingerprint density at radius 2 is 1.89 bits per heavy atom. The minimum atomic E-state index is 0.0606. The van der Waals surface area contributed by atoms with Crippen LogP contribution in [0.5, 0.6) is 0 Å². The summed E-state index contributed by atoms with van der Waals surface area (Å²) in [5.41, 5.74) is 14.9. The first-order valence-corrected chi connectivity index (χ1v) is 16.1. The number of rotatable bonds is 11. The molecule has 45 heavy (non-hydrogen) atoms. The summed E-state index contributed by atoms with van der Waals surface area (Å²) in [6, 6.07) is 14.9. The first-order chi connectivity index (χ1) is 21.8. The topological polar surface area (TPSA) is 117 Å². The zero-order valence-corrected chi connectivity index (χ0v) is 26.9. The highest BCUT2D eigenvalue weighted by atomic mass is 16.1. The Bertz CT molecular complexity index is 1700. The quantitative estimate of drug-likeness (QED) is 0.214. The average Bonchev–Trinajstić information content (AvgIpc) is 3.66. The number of hydrogen-bond acceptors (Lipinski definition) is 8. The lowest BCUT2D eigenvalue weighted by Crippen LogP contribution is -2.40. The molecular weight excluding hydrogens is 562 g/mol. The number of piperidine rings is 1. The standard InChI is InChI=1S/C35H45N9O/c1-23(2)30-22-38-44-33(30)40-35(43-17-14-27(36)15-18-43)41-34(44)37-21-25-9-5-6-11-28(25)26-19-24-10-7-12-31(29(24)20-26)39-32(45)13-8-16-42(3)4/h5-7,9-12,19,22-23,27H,8,13-18,20-21,36H2,1-4H3,(H,39,45)(H,37,40,41). The van der Waals surface area contributed by atoms with E-state index in [0.717, 1.165) is 79.3 Å². The maximum Gasteiger partial charge on any atom is 0.230 e. The number of fused-ring (bicyclic) bond motifs is 2. The SMILES string of the molecule is CC(C)c1cnn2c(NCc3ccccc3C3=Cc4cccc(NC(=O)CCCN(C)C)c4C3)nc(N3CCC(N)CC3)nc12. The zero-order chi connectivity index (χ0) is 31.5. The normalized spacial score (nSPS) is 15.2. The fourth-order valence-corrected chi connectivity index (χ4v) is 6.23. The summed E-state index contributed by atoms with van der Waals surface area (Å²) in [4.78, 5) is 27.0. The van der Waals surface area contributed by atoms with Crippen molar-refractivity contribution in [2.75, 3.05) is 49.3 Å². The zero-order valence-electron chi connectivity index (χ0n) is 26.9. The fraction of sp³-hybridized carbons (Fsp3) is 0.429. The number of carbonyl (C=O) groups excluding carboxylic acids is 1. The molecule has 4 aromatic rings. The van der Waals surface area contributed by atoms with Crippen molar-refractivity contribution in [3.05, 3.63) is 76.5 Å². The van der Waals surface area contributed by atoms with Crippen LogP contribution in [-0.4, -0.2) is 70.2 Å². The van der Waals surface area contributed by atoms with Gasteiger partial charge in [0.05, 0.1) is 6.20 Å². The van der Waals surface area contributed by atoms with E-state index in [9.17, 15) is 4.79 Å². The average molecular weight is 608 g/mol. The Kier molecular flexibility index (Phi) is 9.14. The third-order valence-corrected chi connectivity index (χ3v) is 8.82. The third kappa shape index (κ3) is 6.87. The maximum absolute atomic E-state index is 12.7. The minimum absolute atomic E-state index is 0.0606. The predicted molar refractivity (Wildman–Crippen MR) is 182 cm³/mol. The second kappa shape index (κ2) is 13.4. The van der Waals surface area contributed by atoms with Gasteiger partial charge in [-0.25, -0.2) is 0 Å². The molecule has 2 aliphatic rings. The number of hydrogen-bond donors (Lipinski definition) is 3. The predicted octanol–water partition coefficient (Wildman–Crippen LogP) is 5.16. The van der Waals surface area contributed by atoms with Gasteiger partial charge in [-0.1, -0.05) is 56.3 Å². The van der Waals surface area contributed by atoms with E-state index >= 15 is 0 Å². The number of amides is 1. The molecule has 0 saturated carbocycles. The molecule has 1 fully saturated rings. The number of nitrogens with one attached hydrogen (secondary N) is 2. The molecule has 2 aromatic heterocycles. The molecular formula is C35H45N9O. The Morgan fingerprint density at radius 3 is 2.67 bits per heavy atom. The monoisotopic (exact) mass is 607 g/mol. The first-order valence-electron chi connectivity index (χ1n) is 16.1. The molecule has 4 N–H and O–H groups in total. The van der Waals surface area contributed by atoms with Crippen molar-refractivity contribution >= 4 is 40.8 Å². The van der Waals surface area contributed by atoms with Crippen LogP contribution in [0.2, 0.25) is 0 Å². The van der Waals surface area contributed by atoms with E-state index in [4.69, 9.17) is 15.7 Å². The molecule has 1 aliphatic carbocycles. The Morgan fingerprint density at radius 1 is 1.09 bits per heavy atom. The van der Waals surface area contributed by atoms with E-state index in [1.54, 1.807) is 0 Å². The fourth-order valence-electron chi connectivity index (χ4n) is 6.23. The largest absolute Gasteiger partial charge is 0.350 e. The molecule has 0 atom stereocenters. The van der Waals surface area contributed by atoms with Gasteiger partial charge in [-0.3, -0.25) is 4.79 Å². The van der Waals surface area contributed by atoms with Gasteiger partial charge >= 0.3 is 0 Å². The molecule has 6 rings (SSSR count). The van der Waals surface area contributed by atoms with Gasteiger partial charge in [-0.2, -0.15) is 19.6 Å². The Labute approximate surface area is 265 Å². The van der Waals surface area contributed by atoms with Gasteiger partial charge in [-0.15, -0.1) is 0 Å². The lowest BCUT2D eigenvalue weighted by Gasteiger charge is -2.30. The van der Waals surface area contributed by atoms with Crippen molar-refractivity contribution in [1.82, 2.24) is 24.5 Å². The summed E-state index contributed by atoms with van der Waals surface area (Å²) in [6.07, 6.45) is 8.12. The van der Waals surface area contributed by atoms with Crippen LogP contribution in [0, 0.1) is 0 Å². The molecule has 10 nitrogen and oxygen atoms in total. The van der Waals surface area contributed by atoms with E-state index in [1.807, 2.05) is 36.9 Å². The van der Waals surface area contributed by atoms with E-state index in [1.165, 1.54) is 16.7 Å². The lowest BCUT2D eigenvalue weighted by atomic mass is 9.97. The van der Waals surface area contributed by atoms with Crippen LogP contribution in [0.25, 0.3) is 17.3 Å². The molecule has 3 heterocycles. The number of nitrogens with zero attached hydrogens (tertiary/aromatic N) is 6. The lowest BCUT2D eigenvalue weighted by molar-refractivity contribution is -0.116. The number of carbonyl (C=O) groups is 1. The number of benzene rings is 2. The minimum Gasteiger partial charge on any atom is -0.350 e. The van der Waals surface area contributed by atoms with Gasteiger partial charge in [0.2, 0.25) is 17.8 Å². The first kappa shape index (κ1) is 30.7. The molecule has 1 amide bonds. The Balaban J connectivity index is 1.22. The molecule has 2 aromatic carbocycles. The van der Waals surface area contributed by atoms with Gasteiger partial charge in [-0.05, 0) is 79.7 Å². The number of allylic oxidation sites excluding steroid dienone is 1. The van der Waals surface area contributed by atoms with Crippen LogP contribution in [0.4, 0.5) is 17.6 Å². The number of aromatic nitrogens is 4. The van der Waals surface area contributed by atoms with Crippen molar-refractivity contribution < 1.29 is 4.79 Å². The molecule has 0 spiro atoms. The van der Waals surface area contributed by atoms with Crippen molar-refractivity contribution in [2.24, 2.45) is 5.73 Å². The highest BCUT2D eigenvalue weighted by Gasteiger charge is 2.23. The van der Waals surface area contributed by atoms with Crippen LogP contribution in [0.3, 0.4) is 0 Å². The second-order valence-electron chi connectivity index (χ2n) is 12.8. The molecule has 0 bridgehead atoms. The van der Waals surface area contributed by atoms with Crippen molar-refractivity contribution in [1.29, 1.82) is 0 Å². The van der Waals surface area contributed by atoms with Gasteiger partial charge in [0.1, 0.15) is 0 Å². The molecule has 0 unspecified atom stereocenters. The van der Waals surface area contributed by atoms with Crippen LogP contribution in [-0.2, 0) is 17.8 Å². The summed E-state index contributed by atoms with van der Waals surface area (Å²) in [7, 11) is 4.06. The number of anilines is 3. The number of nitrogens with two attached hydrogens (primary N) is 1. The van der Waals surface area contributed by atoms with Crippen LogP contribution in [0.15, 0.2) is 48.7 Å². The van der Waals surface area contributed by atoms with Gasteiger partial charge in [0.15, 0.2) is 5.65 Å². The maximum atomic E-state index is 12.7. The van der Waals surface area contributed by atoms with Gasteiger partial charge < -0.3 is 26.2 Å². The van der Waals surface area contributed by atoms with E-state index in [-0.39, 0.29) is 17.9 Å².